The Balaban J connectivity index is 2.47. The van der Waals surface area contributed by atoms with Crippen LogP contribution in [0.3, 0.4) is 0 Å². The number of phenols is 2. The Morgan fingerprint density at radius 2 is 1.79 bits per heavy atom. The second-order valence-corrected chi connectivity index (χ2v) is 3.26. The van der Waals surface area contributed by atoms with Crippen LogP contribution < -0.4 is 0 Å². The third-order valence-electron chi connectivity index (χ3n) is 2.12. The second-order valence-electron chi connectivity index (χ2n) is 3.26. The Bertz CT molecular complexity index is 460. The molecule has 0 aliphatic heterocycles. The number of rotatable bonds is 1. The first-order chi connectivity index (χ1) is 6.66. The molecular formula is C11H11NO2. The minimum atomic E-state index is -0.102. The van der Waals surface area contributed by atoms with Crippen molar-refractivity contribution in [2.45, 2.75) is 6.92 Å². The third kappa shape index (κ3) is 1.44. The summed E-state index contributed by atoms with van der Waals surface area (Å²) >= 11 is 0. The maximum Gasteiger partial charge on any atom is 0.158 e. The first-order valence-electron chi connectivity index (χ1n) is 4.35. The Hall–Kier alpha value is -1.90. The highest BCUT2D eigenvalue weighted by atomic mass is 16.3. The van der Waals surface area contributed by atoms with Gasteiger partial charge in [0.2, 0.25) is 0 Å². The molecule has 3 N–H and O–H groups in total. The summed E-state index contributed by atoms with van der Waals surface area (Å²) in [4.78, 5) is 3.15. The molecule has 1 heterocycles. The topological polar surface area (TPSA) is 56.2 Å². The number of H-pyrrole nitrogens is 1. The fraction of sp³-hybridized carbons (Fsp3) is 0.0909. The van der Waals surface area contributed by atoms with Crippen molar-refractivity contribution in [2.75, 3.05) is 0 Å². The van der Waals surface area contributed by atoms with Crippen LogP contribution in [-0.2, 0) is 0 Å². The molecule has 0 fully saturated rings. The van der Waals surface area contributed by atoms with E-state index in [9.17, 15) is 5.11 Å². The highest BCUT2D eigenvalue weighted by molar-refractivity contribution is 5.63. The SMILES string of the molecule is Cc1ccc(-c2ccc(O)c(O)c2)[nH]1. The van der Waals surface area contributed by atoms with E-state index in [-0.39, 0.29) is 11.5 Å². The number of aryl methyl sites for hydroxylation is 1. The molecule has 72 valence electrons. The molecule has 3 heteroatoms. The molecule has 0 aliphatic carbocycles. The molecule has 0 bridgehead atoms. The van der Waals surface area contributed by atoms with E-state index in [4.69, 9.17) is 5.11 Å². The number of aromatic amines is 1. The van der Waals surface area contributed by atoms with Gasteiger partial charge in [0, 0.05) is 17.0 Å². The number of aromatic nitrogens is 1. The van der Waals surface area contributed by atoms with Crippen molar-refractivity contribution in [3.63, 3.8) is 0 Å². The molecule has 0 unspecified atom stereocenters. The summed E-state index contributed by atoms with van der Waals surface area (Å²) < 4.78 is 0. The monoisotopic (exact) mass is 189 g/mol. The second kappa shape index (κ2) is 3.10. The zero-order chi connectivity index (χ0) is 10.1. The molecule has 2 rings (SSSR count). The summed E-state index contributed by atoms with van der Waals surface area (Å²) in [7, 11) is 0. The van der Waals surface area contributed by atoms with Gasteiger partial charge in [-0.05, 0) is 37.3 Å². The predicted molar refractivity (Wildman–Crippen MR) is 54.3 cm³/mol. The van der Waals surface area contributed by atoms with E-state index in [0.717, 1.165) is 17.0 Å². The minimum Gasteiger partial charge on any atom is -0.504 e. The Labute approximate surface area is 81.7 Å². The highest BCUT2D eigenvalue weighted by Crippen LogP contribution is 2.29. The van der Waals surface area contributed by atoms with Gasteiger partial charge in [0.1, 0.15) is 0 Å². The van der Waals surface area contributed by atoms with Crippen molar-refractivity contribution < 1.29 is 10.2 Å². The smallest absolute Gasteiger partial charge is 0.158 e. The molecule has 0 radical (unpaired) electrons. The van der Waals surface area contributed by atoms with E-state index in [2.05, 4.69) is 4.98 Å². The van der Waals surface area contributed by atoms with Crippen LogP contribution in [0, 0.1) is 6.92 Å². The van der Waals surface area contributed by atoms with E-state index in [1.54, 1.807) is 6.07 Å². The summed E-state index contributed by atoms with van der Waals surface area (Å²) in [6, 6.07) is 8.64. The Morgan fingerprint density at radius 3 is 2.36 bits per heavy atom. The van der Waals surface area contributed by atoms with E-state index < -0.39 is 0 Å². The summed E-state index contributed by atoms with van der Waals surface area (Å²) in [5, 5.41) is 18.4. The molecule has 0 saturated carbocycles. The van der Waals surface area contributed by atoms with Crippen LogP contribution in [0.4, 0.5) is 0 Å². The molecule has 1 aromatic heterocycles. The van der Waals surface area contributed by atoms with Crippen LogP contribution in [-0.4, -0.2) is 15.2 Å². The van der Waals surface area contributed by atoms with Crippen molar-refractivity contribution in [2.24, 2.45) is 0 Å². The predicted octanol–water partition coefficient (Wildman–Crippen LogP) is 2.40. The maximum atomic E-state index is 9.30. The molecule has 0 atom stereocenters. The average Bonchev–Trinajstić information content (AvgIpc) is 2.57. The lowest BCUT2D eigenvalue weighted by Crippen LogP contribution is -1.78. The molecule has 2 aromatic rings. The molecule has 0 aliphatic rings. The number of nitrogens with one attached hydrogen (secondary N) is 1. The van der Waals surface area contributed by atoms with Crippen LogP contribution in [0.1, 0.15) is 5.69 Å². The van der Waals surface area contributed by atoms with E-state index >= 15 is 0 Å². The summed E-state index contributed by atoms with van der Waals surface area (Å²) in [6.45, 7) is 1.96. The minimum absolute atomic E-state index is 0.1000. The molecule has 1 aromatic carbocycles. The average molecular weight is 189 g/mol. The normalized spacial score (nSPS) is 10.4. The zero-order valence-electron chi connectivity index (χ0n) is 7.78. The number of hydrogen-bond donors (Lipinski definition) is 3. The van der Waals surface area contributed by atoms with Gasteiger partial charge in [-0.2, -0.15) is 0 Å². The zero-order valence-corrected chi connectivity index (χ0v) is 7.78. The van der Waals surface area contributed by atoms with Gasteiger partial charge >= 0.3 is 0 Å². The summed E-state index contributed by atoms with van der Waals surface area (Å²) in [5.74, 6) is -0.202. The molecule has 0 amide bonds. The van der Waals surface area contributed by atoms with E-state index in [1.165, 1.54) is 12.1 Å². The third-order valence-corrected chi connectivity index (χ3v) is 2.12. The van der Waals surface area contributed by atoms with Crippen molar-refractivity contribution in [3.8, 4) is 22.8 Å². The quantitative estimate of drug-likeness (QED) is 0.603. The largest absolute Gasteiger partial charge is 0.504 e. The van der Waals surface area contributed by atoms with Gasteiger partial charge in [-0.25, -0.2) is 0 Å². The van der Waals surface area contributed by atoms with Crippen molar-refractivity contribution in [3.05, 3.63) is 36.0 Å². The summed E-state index contributed by atoms with van der Waals surface area (Å²) in [5.41, 5.74) is 2.85. The maximum absolute atomic E-state index is 9.30. The standard InChI is InChI=1S/C11H11NO2/c1-7-2-4-9(12-7)8-3-5-10(13)11(14)6-8/h2-6,12-14H,1H3. The van der Waals surface area contributed by atoms with Gasteiger partial charge in [-0.1, -0.05) is 0 Å². The van der Waals surface area contributed by atoms with Crippen molar-refractivity contribution >= 4 is 0 Å². The molecule has 0 spiro atoms. The van der Waals surface area contributed by atoms with Crippen LogP contribution >= 0.6 is 0 Å². The summed E-state index contributed by atoms with van der Waals surface area (Å²) in [6.07, 6.45) is 0. The molecular weight excluding hydrogens is 178 g/mol. The van der Waals surface area contributed by atoms with Crippen LogP contribution in [0.5, 0.6) is 11.5 Å². The molecule has 14 heavy (non-hydrogen) atoms. The van der Waals surface area contributed by atoms with Crippen LogP contribution in [0.25, 0.3) is 11.3 Å². The van der Waals surface area contributed by atoms with Gasteiger partial charge in [0.25, 0.3) is 0 Å². The van der Waals surface area contributed by atoms with Gasteiger partial charge in [0.05, 0.1) is 0 Å². The van der Waals surface area contributed by atoms with Gasteiger partial charge in [-0.15, -0.1) is 0 Å². The Kier molecular flexibility index (Phi) is 1.93. The number of aromatic hydroxyl groups is 2. The van der Waals surface area contributed by atoms with Crippen molar-refractivity contribution in [1.82, 2.24) is 4.98 Å². The first-order valence-corrected chi connectivity index (χ1v) is 4.35. The van der Waals surface area contributed by atoms with Gasteiger partial charge in [0.15, 0.2) is 11.5 Å². The first kappa shape index (κ1) is 8.69. The fourth-order valence-electron chi connectivity index (χ4n) is 1.36. The highest BCUT2D eigenvalue weighted by Gasteiger charge is 2.03. The lowest BCUT2D eigenvalue weighted by molar-refractivity contribution is 0.404. The number of phenolic OH excluding ortho intramolecular Hbond substituents is 2. The van der Waals surface area contributed by atoms with Crippen molar-refractivity contribution in [1.29, 1.82) is 0 Å². The van der Waals surface area contributed by atoms with Crippen LogP contribution in [0.15, 0.2) is 30.3 Å². The lowest BCUT2D eigenvalue weighted by Gasteiger charge is -2.01. The Morgan fingerprint density at radius 1 is 1.00 bits per heavy atom. The number of hydrogen-bond acceptors (Lipinski definition) is 2. The number of benzene rings is 1. The molecule has 3 nitrogen and oxygen atoms in total. The van der Waals surface area contributed by atoms with E-state index in [1.807, 2.05) is 19.1 Å². The van der Waals surface area contributed by atoms with Gasteiger partial charge < -0.3 is 15.2 Å². The molecule has 0 saturated heterocycles. The van der Waals surface area contributed by atoms with E-state index in [0.29, 0.717) is 0 Å². The van der Waals surface area contributed by atoms with Gasteiger partial charge in [-0.3, -0.25) is 0 Å². The van der Waals surface area contributed by atoms with Crippen LogP contribution in [0.2, 0.25) is 0 Å². The fourth-order valence-corrected chi connectivity index (χ4v) is 1.36. The lowest BCUT2D eigenvalue weighted by atomic mass is 10.1.